The van der Waals surface area contributed by atoms with Gasteiger partial charge < -0.3 is 5.32 Å². The first-order valence-corrected chi connectivity index (χ1v) is 10.2. The topological polar surface area (TPSA) is 90.9 Å². The van der Waals surface area contributed by atoms with E-state index in [0.29, 0.717) is 16.3 Å². The second-order valence-electron chi connectivity index (χ2n) is 7.64. The average molecular weight is 460 g/mol. The molecule has 1 amide bonds. The Morgan fingerprint density at radius 3 is 2.48 bits per heavy atom. The van der Waals surface area contributed by atoms with Crippen LogP contribution in [0.5, 0.6) is 0 Å². The van der Waals surface area contributed by atoms with Crippen LogP contribution in [0.3, 0.4) is 0 Å². The van der Waals surface area contributed by atoms with E-state index in [0.717, 1.165) is 23.0 Å². The Bertz CT molecular complexity index is 1220. The lowest BCUT2D eigenvalue weighted by atomic mass is 10.0. The SMILES string of the molecule is Cc1ccc(C(NC(=O)Cn2c(Br)nc3c(=O)n(C)c(=O)n(C)c32)C2CC2)cc1. The molecule has 1 unspecified atom stereocenters. The number of carbonyl (C=O) groups is 1. The highest BCUT2D eigenvalue weighted by molar-refractivity contribution is 9.10. The van der Waals surface area contributed by atoms with Gasteiger partial charge in [0.2, 0.25) is 5.91 Å². The lowest BCUT2D eigenvalue weighted by molar-refractivity contribution is -0.122. The van der Waals surface area contributed by atoms with Crippen LogP contribution in [0.1, 0.15) is 30.0 Å². The summed E-state index contributed by atoms with van der Waals surface area (Å²) in [5, 5.41) is 3.13. The highest BCUT2D eigenvalue weighted by Crippen LogP contribution is 2.41. The Balaban J connectivity index is 1.65. The van der Waals surface area contributed by atoms with E-state index in [2.05, 4.69) is 38.4 Å². The highest BCUT2D eigenvalue weighted by atomic mass is 79.9. The minimum atomic E-state index is -0.488. The standard InChI is InChI=1S/C20H22BrN5O3/c1-11-4-6-12(7-5-11)15(13-8-9-13)22-14(27)10-26-17-16(23-19(26)21)18(28)25(3)20(29)24(17)2/h4-7,13,15H,8-10H2,1-3H3,(H,22,27). The molecule has 1 aromatic carbocycles. The Kier molecular flexibility index (Phi) is 4.94. The molecule has 0 bridgehead atoms. The van der Waals surface area contributed by atoms with Crippen molar-refractivity contribution >= 4 is 33.0 Å². The minimum absolute atomic E-state index is 0.0478. The molecular weight excluding hydrogens is 438 g/mol. The number of hydrogen-bond acceptors (Lipinski definition) is 4. The van der Waals surface area contributed by atoms with Crippen molar-refractivity contribution in [2.24, 2.45) is 20.0 Å². The van der Waals surface area contributed by atoms with E-state index in [1.165, 1.54) is 17.2 Å². The van der Waals surface area contributed by atoms with Gasteiger partial charge in [0.05, 0.1) is 6.04 Å². The second-order valence-corrected chi connectivity index (χ2v) is 8.35. The maximum atomic E-state index is 12.9. The zero-order valence-electron chi connectivity index (χ0n) is 16.5. The van der Waals surface area contributed by atoms with Crippen LogP contribution in [-0.4, -0.2) is 24.6 Å². The number of amides is 1. The van der Waals surface area contributed by atoms with Crippen molar-refractivity contribution < 1.29 is 4.79 Å². The number of carbonyl (C=O) groups excluding carboxylic acids is 1. The molecule has 29 heavy (non-hydrogen) atoms. The number of halogens is 1. The molecule has 2 aromatic heterocycles. The summed E-state index contributed by atoms with van der Waals surface area (Å²) in [6.07, 6.45) is 2.17. The summed E-state index contributed by atoms with van der Waals surface area (Å²) in [5.41, 5.74) is 1.77. The number of aromatic nitrogens is 4. The molecular formula is C20H22BrN5O3. The van der Waals surface area contributed by atoms with Crippen molar-refractivity contribution in [2.45, 2.75) is 32.4 Å². The fraction of sp³-hybridized carbons (Fsp3) is 0.400. The number of nitrogens with zero attached hydrogens (tertiary/aromatic N) is 4. The minimum Gasteiger partial charge on any atom is -0.347 e. The summed E-state index contributed by atoms with van der Waals surface area (Å²) in [4.78, 5) is 41.8. The fourth-order valence-corrected chi connectivity index (χ4v) is 4.11. The summed E-state index contributed by atoms with van der Waals surface area (Å²) in [6.45, 7) is 1.98. The van der Waals surface area contributed by atoms with E-state index < -0.39 is 11.2 Å². The van der Waals surface area contributed by atoms with Crippen molar-refractivity contribution in [1.82, 2.24) is 24.0 Å². The van der Waals surface area contributed by atoms with Gasteiger partial charge in [0, 0.05) is 14.1 Å². The van der Waals surface area contributed by atoms with Gasteiger partial charge in [-0.25, -0.2) is 9.78 Å². The summed E-state index contributed by atoms with van der Waals surface area (Å²) < 4.78 is 4.22. The molecule has 1 aliphatic rings. The lowest BCUT2D eigenvalue weighted by Crippen LogP contribution is -2.38. The Morgan fingerprint density at radius 1 is 1.21 bits per heavy atom. The third-order valence-corrected chi connectivity index (χ3v) is 6.05. The number of fused-ring (bicyclic) bond motifs is 1. The van der Waals surface area contributed by atoms with Crippen molar-refractivity contribution in [3.8, 4) is 0 Å². The molecule has 1 atom stereocenters. The summed E-state index contributed by atoms with van der Waals surface area (Å²) in [6, 6.07) is 8.14. The molecule has 8 nitrogen and oxygen atoms in total. The first-order chi connectivity index (χ1) is 13.8. The number of rotatable bonds is 5. The number of aryl methyl sites for hydroxylation is 2. The maximum absolute atomic E-state index is 12.9. The lowest BCUT2D eigenvalue weighted by Gasteiger charge is -2.20. The molecule has 0 saturated heterocycles. The van der Waals surface area contributed by atoms with E-state index in [4.69, 9.17) is 0 Å². The molecule has 0 aliphatic heterocycles. The summed E-state index contributed by atoms with van der Waals surface area (Å²) in [7, 11) is 2.97. The van der Waals surface area contributed by atoms with E-state index in [1.54, 1.807) is 11.6 Å². The van der Waals surface area contributed by atoms with Crippen molar-refractivity contribution in [2.75, 3.05) is 0 Å². The van der Waals surface area contributed by atoms with E-state index in [9.17, 15) is 14.4 Å². The zero-order chi connectivity index (χ0) is 20.9. The molecule has 9 heteroatoms. The first kappa shape index (κ1) is 19.6. The van der Waals surface area contributed by atoms with E-state index >= 15 is 0 Å². The molecule has 1 fully saturated rings. The molecule has 3 aromatic rings. The van der Waals surface area contributed by atoms with E-state index in [1.807, 2.05) is 19.1 Å². The predicted octanol–water partition coefficient (Wildman–Crippen LogP) is 1.77. The van der Waals surface area contributed by atoms with Crippen LogP contribution < -0.4 is 16.6 Å². The second kappa shape index (κ2) is 7.29. The molecule has 1 saturated carbocycles. The smallest absolute Gasteiger partial charge is 0.332 e. The highest BCUT2D eigenvalue weighted by Gasteiger charge is 2.33. The maximum Gasteiger partial charge on any atom is 0.332 e. The normalized spacial score (nSPS) is 14.9. The Labute approximate surface area is 175 Å². The van der Waals surface area contributed by atoms with Crippen LogP contribution in [-0.2, 0) is 25.4 Å². The molecule has 0 radical (unpaired) electrons. The molecule has 1 aliphatic carbocycles. The van der Waals surface area contributed by atoms with Crippen LogP contribution in [0.15, 0.2) is 38.6 Å². The van der Waals surface area contributed by atoms with Gasteiger partial charge in [0.25, 0.3) is 5.56 Å². The third kappa shape index (κ3) is 3.55. The monoisotopic (exact) mass is 459 g/mol. The van der Waals surface area contributed by atoms with Crippen LogP contribution in [0.4, 0.5) is 0 Å². The summed E-state index contributed by atoms with van der Waals surface area (Å²) >= 11 is 3.32. The van der Waals surface area contributed by atoms with Gasteiger partial charge in [-0.1, -0.05) is 29.8 Å². The van der Waals surface area contributed by atoms with Gasteiger partial charge >= 0.3 is 5.69 Å². The molecule has 152 valence electrons. The molecule has 2 heterocycles. The largest absolute Gasteiger partial charge is 0.347 e. The first-order valence-electron chi connectivity index (χ1n) is 9.45. The van der Waals surface area contributed by atoms with Gasteiger partial charge in [-0.2, -0.15) is 0 Å². The molecule has 4 rings (SSSR count). The Hall–Kier alpha value is -2.68. The number of imidazole rings is 1. The fourth-order valence-electron chi connectivity index (χ4n) is 3.64. The van der Waals surface area contributed by atoms with Gasteiger partial charge in [-0.15, -0.1) is 0 Å². The molecule has 1 N–H and O–H groups in total. The molecule has 0 spiro atoms. The van der Waals surface area contributed by atoms with Gasteiger partial charge in [0.15, 0.2) is 15.9 Å². The van der Waals surface area contributed by atoms with Crippen molar-refractivity contribution in [1.29, 1.82) is 0 Å². The average Bonchev–Trinajstić information content (AvgIpc) is 3.48. The zero-order valence-corrected chi connectivity index (χ0v) is 18.1. The third-order valence-electron chi connectivity index (χ3n) is 5.44. The quantitative estimate of drug-likeness (QED) is 0.588. The van der Waals surface area contributed by atoms with E-state index in [-0.39, 0.29) is 24.0 Å². The van der Waals surface area contributed by atoms with Crippen LogP contribution in [0, 0.1) is 12.8 Å². The van der Waals surface area contributed by atoms with Crippen LogP contribution >= 0.6 is 15.9 Å². The number of hydrogen-bond donors (Lipinski definition) is 1. The number of benzene rings is 1. The van der Waals surface area contributed by atoms with Crippen LogP contribution in [0.2, 0.25) is 0 Å². The Morgan fingerprint density at radius 2 is 1.86 bits per heavy atom. The van der Waals surface area contributed by atoms with Crippen molar-refractivity contribution in [3.05, 3.63) is 61.0 Å². The van der Waals surface area contributed by atoms with Gasteiger partial charge in [-0.3, -0.25) is 23.3 Å². The number of nitrogens with one attached hydrogen (secondary N) is 1. The van der Waals surface area contributed by atoms with Crippen LogP contribution in [0.25, 0.3) is 11.2 Å². The van der Waals surface area contributed by atoms with Gasteiger partial charge in [0.1, 0.15) is 6.54 Å². The van der Waals surface area contributed by atoms with Gasteiger partial charge in [-0.05, 0) is 47.2 Å². The predicted molar refractivity (Wildman–Crippen MR) is 113 cm³/mol. The van der Waals surface area contributed by atoms with Crippen molar-refractivity contribution in [3.63, 3.8) is 0 Å². The summed E-state index contributed by atoms with van der Waals surface area (Å²) in [5.74, 6) is 0.233.